The fourth-order valence-corrected chi connectivity index (χ4v) is 5.27. The first kappa shape index (κ1) is 23.5. The SMILES string of the molecule is O=C(CSc1nc2ccccc2c(=O)n1CCC1=CCCCC1)NCC1COc2ccccc2O1. The fourth-order valence-electron chi connectivity index (χ4n) is 4.41. The van der Waals surface area contributed by atoms with Gasteiger partial charge < -0.3 is 14.8 Å². The molecule has 1 unspecified atom stereocenters. The summed E-state index contributed by atoms with van der Waals surface area (Å²) in [6.07, 6.45) is 7.54. The molecule has 1 amide bonds. The zero-order valence-electron chi connectivity index (χ0n) is 19.6. The highest BCUT2D eigenvalue weighted by molar-refractivity contribution is 7.99. The van der Waals surface area contributed by atoms with Crippen molar-refractivity contribution in [3.8, 4) is 11.5 Å². The molecule has 2 aliphatic rings. The van der Waals surface area contributed by atoms with Crippen molar-refractivity contribution in [2.45, 2.75) is 49.9 Å². The molecular weight excluding hydrogens is 462 g/mol. The molecule has 1 aliphatic carbocycles. The molecule has 1 atom stereocenters. The zero-order valence-corrected chi connectivity index (χ0v) is 20.4. The van der Waals surface area contributed by atoms with Crippen molar-refractivity contribution in [3.05, 3.63) is 70.5 Å². The van der Waals surface area contributed by atoms with Crippen LogP contribution >= 0.6 is 11.8 Å². The van der Waals surface area contributed by atoms with Gasteiger partial charge in [-0.3, -0.25) is 14.2 Å². The van der Waals surface area contributed by atoms with Crippen LogP contribution in [0.4, 0.5) is 0 Å². The summed E-state index contributed by atoms with van der Waals surface area (Å²) in [5.41, 5.74) is 2.00. The van der Waals surface area contributed by atoms with E-state index in [1.54, 1.807) is 4.57 Å². The van der Waals surface area contributed by atoms with E-state index in [-0.39, 0.29) is 23.3 Å². The van der Waals surface area contributed by atoms with Gasteiger partial charge in [-0.2, -0.15) is 0 Å². The van der Waals surface area contributed by atoms with Crippen molar-refractivity contribution in [3.63, 3.8) is 0 Å². The van der Waals surface area contributed by atoms with E-state index in [1.807, 2.05) is 48.5 Å². The van der Waals surface area contributed by atoms with Crippen molar-refractivity contribution in [1.82, 2.24) is 14.9 Å². The van der Waals surface area contributed by atoms with Crippen LogP contribution in [0.15, 0.2) is 70.1 Å². The molecule has 2 aromatic carbocycles. The summed E-state index contributed by atoms with van der Waals surface area (Å²) in [6, 6.07) is 14.9. The number of para-hydroxylation sites is 3. The van der Waals surface area contributed by atoms with E-state index in [4.69, 9.17) is 14.5 Å². The quantitative estimate of drug-likeness (QED) is 0.287. The van der Waals surface area contributed by atoms with Crippen LogP contribution in [-0.4, -0.2) is 40.5 Å². The maximum Gasteiger partial charge on any atom is 0.262 e. The van der Waals surface area contributed by atoms with E-state index < -0.39 is 0 Å². The first-order chi connectivity index (χ1) is 17.2. The number of carbonyl (C=O) groups excluding carboxylic acids is 1. The number of allylic oxidation sites excluding steroid dienone is 2. The van der Waals surface area contributed by atoms with Crippen molar-refractivity contribution in [2.24, 2.45) is 0 Å². The first-order valence-corrected chi connectivity index (χ1v) is 13.1. The van der Waals surface area contributed by atoms with Crippen LogP contribution < -0.4 is 20.3 Å². The van der Waals surface area contributed by atoms with Crippen molar-refractivity contribution >= 4 is 28.6 Å². The maximum atomic E-state index is 13.3. The van der Waals surface area contributed by atoms with Crippen LogP contribution in [0.5, 0.6) is 11.5 Å². The number of thioether (sulfide) groups is 1. The maximum absolute atomic E-state index is 13.3. The summed E-state index contributed by atoms with van der Waals surface area (Å²) in [5, 5.41) is 4.10. The third-order valence-electron chi connectivity index (χ3n) is 6.29. The molecular formula is C27H29N3O4S. The third kappa shape index (κ3) is 5.70. The van der Waals surface area contributed by atoms with Gasteiger partial charge in [0, 0.05) is 6.54 Å². The Kier molecular flexibility index (Phi) is 7.37. The van der Waals surface area contributed by atoms with Crippen LogP contribution in [0.1, 0.15) is 32.1 Å². The highest BCUT2D eigenvalue weighted by Gasteiger charge is 2.21. The van der Waals surface area contributed by atoms with Gasteiger partial charge in [-0.15, -0.1) is 0 Å². The van der Waals surface area contributed by atoms with E-state index >= 15 is 0 Å². The number of ether oxygens (including phenoxy) is 2. The van der Waals surface area contributed by atoms with Crippen molar-refractivity contribution in [2.75, 3.05) is 18.9 Å². The Hall–Kier alpha value is -3.26. The number of rotatable bonds is 8. The molecule has 8 heteroatoms. The zero-order chi connectivity index (χ0) is 24.0. The monoisotopic (exact) mass is 491 g/mol. The molecule has 5 rings (SSSR count). The summed E-state index contributed by atoms with van der Waals surface area (Å²) in [7, 11) is 0. The molecule has 1 N–H and O–H groups in total. The number of nitrogens with zero attached hydrogens (tertiary/aromatic N) is 2. The smallest absolute Gasteiger partial charge is 0.262 e. The number of benzene rings is 2. The van der Waals surface area contributed by atoms with Crippen LogP contribution in [0.2, 0.25) is 0 Å². The van der Waals surface area contributed by atoms with Gasteiger partial charge in [0.2, 0.25) is 5.91 Å². The van der Waals surface area contributed by atoms with E-state index in [0.717, 1.165) is 25.0 Å². The number of amides is 1. The second kappa shape index (κ2) is 11.0. The number of fused-ring (bicyclic) bond motifs is 2. The summed E-state index contributed by atoms with van der Waals surface area (Å²) >= 11 is 1.29. The summed E-state index contributed by atoms with van der Waals surface area (Å²) < 4.78 is 13.3. The van der Waals surface area contributed by atoms with E-state index in [0.29, 0.717) is 41.5 Å². The Bertz CT molecular complexity index is 1300. The summed E-state index contributed by atoms with van der Waals surface area (Å²) in [4.78, 5) is 30.6. The van der Waals surface area contributed by atoms with Gasteiger partial charge in [0.25, 0.3) is 5.56 Å². The van der Waals surface area contributed by atoms with Crippen LogP contribution in [-0.2, 0) is 11.3 Å². The minimum absolute atomic E-state index is 0.0543. The first-order valence-electron chi connectivity index (χ1n) is 12.1. The molecule has 1 aromatic heterocycles. The molecule has 182 valence electrons. The molecule has 0 saturated heterocycles. The predicted molar refractivity (Wildman–Crippen MR) is 137 cm³/mol. The molecule has 7 nitrogen and oxygen atoms in total. The van der Waals surface area contributed by atoms with Gasteiger partial charge in [0.1, 0.15) is 12.7 Å². The van der Waals surface area contributed by atoms with Crippen molar-refractivity contribution < 1.29 is 14.3 Å². The normalized spacial score (nSPS) is 17.1. The Morgan fingerprint density at radius 1 is 1.11 bits per heavy atom. The van der Waals surface area contributed by atoms with Crippen molar-refractivity contribution in [1.29, 1.82) is 0 Å². The van der Waals surface area contributed by atoms with Gasteiger partial charge in [-0.05, 0) is 56.4 Å². The van der Waals surface area contributed by atoms with E-state index in [1.165, 1.54) is 30.2 Å². The molecule has 0 fully saturated rings. The number of carbonyl (C=O) groups is 1. The minimum atomic E-state index is -0.250. The van der Waals surface area contributed by atoms with E-state index in [9.17, 15) is 9.59 Å². The number of aromatic nitrogens is 2. The second-order valence-corrected chi connectivity index (χ2v) is 9.76. The fraction of sp³-hybridized carbons (Fsp3) is 0.370. The molecule has 2 heterocycles. The highest BCUT2D eigenvalue weighted by Crippen LogP contribution is 2.30. The molecule has 1 aliphatic heterocycles. The predicted octanol–water partition coefficient (Wildman–Crippen LogP) is 4.34. The van der Waals surface area contributed by atoms with E-state index in [2.05, 4.69) is 11.4 Å². The topological polar surface area (TPSA) is 82.5 Å². The van der Waals surface area contributed by atoms with Gasteiger partial charge >= 0.3 is 0 Å². The molecule has 0 saturated carbocycles. The average molecular weight is 492 g/mol. The van der Waals surface area contributed by atoms with Gasteiger partial charge in [0.05, 0.1) is 23.2 Å². The van der Waals surface area contributed by atoms with Crippen LogP contribution in [0.25, 0.3) is 10.9 Å². The largest absolute Gasteiger partial charge is 0.486 e. The highest BCUT2D eigenvalue weighted by atomic mass is 32.2. The van der Waals surface area contributed by atoms with Gasteiger partial charge in [-0.1, -0.05) is 47.7 Å². The summed E-state index contributed by atoms with van der Waals surface area (Å²) in [5.74, 6) is 1.43. The van der Waals surface area contributed by atoms with Crippen LogP contribution in [0.3, 0.4) is 0 Å². The molecule has 0 bridgehead atoms. The van der Waals surface area contributed by atoms with Gasteiger partial charge in [0.15, 0.2) is 16.7 Å². The van der Waals surface area contributed by atoms with Gasteiger partial charge in [-0.25, -0.2) is 4.98 Å². The average Bonchev–Trinajstić information content (AvgIpc) is 2.91. The molecule has 3 aromatic rings. The Labute approximate surface area is 208 Å². The molecule has 0 spiro atoms. The third-order valence-corrected chi connectivity index (χ3v) is 7.27. The summed E-state index contributed by atoms with van der Waals surface area (Å²) in [6.45, 7) is 1.30. The Morgan fingerprint density at radius 2 is 1.94 bits per heavy atom. The molecule has 0 radical (unpaired) electrons. The lowest BCUT2D eigenvalue weighted by molar-refractivity contribution is -0.119. The number of hydrogen-bond acceptors (Lipinski definition) is 6. The standard InChI is InChI=1S/C27H29N3O4S/c31-25(28-16-20-17-33-23-12-6-7-13-24(23)34-20)18-35-27-29-22-11-5-4-10-21(22)26(32)30(27)15-14-19-8-2-1-3-9-19/h4-8,10-13,20H,1-3,9,14-18H2,(H,28,31). The van der Waals surface area contributed by atoms with Crippen LogP contribution in [0, 0.1) is 0 Å². The molecule has 35 heavy (non-hydrogen) atoms. The Balaban J connectivity index is 1.23. The number of hydrogen-bond donors (Lipinski definition) is 1. The Morgan fingerprint density at radius 3 is 2.80 bits per heavy atom. The minimum Gasteiger partial charge on any atom is -0.486 e. The lowest BCUT2D eigenvalue weighted by Crippen LogP contribution is -2.41. The lowest BCUT2D eigenvalue weighted by atomic mass is 9.97. The lowest BCUT2D eigenvalue weighted by Gasteiger charge is -2.26. The second-order valence-electron chi connectivity index (χ2n) is 8.82. The number of nitrogens with one attached hydrogen (secondary N) is 1.